The Kier molecular flexibility index (Phi) is 3.53. The second-order valence-electron chi connectivity index (χ2n) is 3.90. The maximum atomic E-state index is 12.4. The Bertz CT molecular complexity index is 393. The van der Waals surface area contributed by atoms with E-state index in [0.29, 0.717) is 21.7 Å². The fourth-order valence-corrected chi connectivity index (χ4v) is 3.58. The first-order valence-corrected chi connectivity index (χ1v) is 7.05. The number of halogens is 3. The van der Waals surface area contributed by atoms with Gasteiger partial charge in [-0.2, -0.15) is 24.9 Å². The van der Waals surface area contributed by atoms with Gasteiger partial charge in [-0.25, -0.2) is 0 Å². The summed E-state index contributed by atoms with van der Waals surface area (Å²) in [4.78, 5) is 1.91. The Hall–Kier alpha value is -0.500. The number of aromatic nitrogens is 2. The van der Waals surface area contributed by atoms with Gasteiger partial charge in [-0.15, -0.1) is 10.2 Å². The van der Waals surface area contributed by atoms with Crippen LogP contribution in [0.4, 0.5) is 18.3 Å². The van der Waals surface area contributed by atoms with Crippen molar-refractivity contribution in [2.45, 2.75) is 31.3 Å². The van der Waals surface area contributed by atoms with Crippen molar-refractivity contribution in [2.24, 2.45) is 0 Å². The summed E-state index contributed by atoms with van der Waals surface area (Å²) < 4.78 is 37.3. The fraction of sp³-hybridized carbons (Fsp3) is 0.778. The predicted octanol–water partition coefficient (Wildman–Crippen LogP) is 2.89. The number of alkyl halides is 3. The third kappa shape index (κ3) is 2.67. The standard InChI is InChI=1S/C9H12F3N3S2/c1-5-6(2)16-4-3-15(5)8-14-13-7(17-8)9(10,11)12/h5-6H,3-4H2,1-2H3. The zero-order valence-corrected chi connectivity index (χ0v) is 11.0. The number of hydrogen-bond acceptors (Lipinski definition) is 5. The number of rotatable bonds is 1. The van der Waals surface area contributed by atoms with Gasteiger partial charge < -0.3 is 4.90 Å². The van der Waals surface area contributed by atoms with Crippen LogP contribution in [0.5, 0.6) is 0 Å². The minimum Gasteiger partial charge on any atom is -0.342 e. The van der Waals surface area contributed by atoms with Gasteiger partial charge in [0.15, 0.2) is 0 Å². The zero-order valence-electron chi connectivity index (χ0n) is 9.36. The Morgan fingerprint density at radius 1 is 1.29 bits per heavy atom. The van der Waals surface area contributed by atoms with Crippen LogP contribution in [0.3, 0.4) is 0 Å². The predicted molar refractivity (Wildman–Crippen MR) is 63.6 cm³/mol. The van der Waals surface area contributed by atoms with E-state index in [1.807, 2.05) is 23.6 Å². The molecule has 1 aliphatic heterocycles. The molecule has 0 N–H and O–H groups in total. The summed E-state index contributed by atoms with van der Waals surface area (Å²) in [7, 11) is 0. The molecule has 1 aromatic rings. The van der Waals surface area contributed by atoms with Crippen molar-refractivity contribution in [1.82, 2.24) is 10.2 Å². The van der Waals surface area contributed by atoms with Gasteiger partial charge in [-0.05, 0) is 6.92 Å². The van der Waals surface area contributed by atoms with Crippen LogP contribution in [0.2, 0.25) is 0 Å². The van der Waals surface area contributed by atoms with E-state index in [9.17, 15) is 13.2 Å². The van der Waals surface area contributed by atoms with Crippen LogP contribution in [0.1, 0.15) is 18.9 Å². The highest BCUT2D eigenvalue weighted by molar-refractivity contribution is 8.00. The van der Waals surface area contributed by atoms with Gasteiger partial charge in [0.05, 0.1) is 0 Å². The van der Waals surface area contributed by atoms with E-state index in [-0.39, 0.29) is 6.04 Å². The molecule has 1 aliphatic rings. The lowest BCUT2D eigenvalue weighted by atomic mass is 10.2. The van der Waals surface area contributed by atoms with Gasteiger partial charge in [-0.1, -0.05) is 18.3 Å². The van der Waals surface area contributed by atoms with Crippen LogP contribution in [0.25, 0.3) is 0 Å². The lowest BCUT2D eigenvalue weighted by Crippen LogP contribution is -2.44. The van der Waals surface area contributed by atoms with Crippen molar-refractivity contribution in [3.8, 4) is 0 Å². The summed E-state index contributed by atoms with van der Waals surface area (Å²) >= 11 is 2.45. The first-order valence-electron chi connectivity index (χ1n) is 5.18. The van der Waals surface area contributed by atoms with Gasteiger partial charge in [0.25, 0.3) is 0 Å². The maximum Gasteiger partial charge on any atom is 0.445 e. The van der Waals surface area contributed by atoms with E-state index in [1.54, 1.807) is 0 Å². The lowest BCUT2D eigenvalue weighted by Gasteiger charge is -2.36. The molecule has 0 aliphatic carbocycles. The molecule has 0 amide bonds. The molecule has 0 bridgehead atoms. The molecule has 3 nitrogen and oxygen atoms in total. The quantitative estimate of drug-likeness (QED) is 0.792. The maximum absolute atomic E-state index is 12.4. The van der Waals surface area contributed by atoms with Gasteiger partial charge in [0, 0.05) is 23.6 Å². The molecule has 0 spiro atoms. The van der Waals surface area contributed by atoms with E-state index in [1.165, 1.54) is 0 Å². The normalized spacial score (nSPS) is 26.3. The Balaban J connectivity index is 2.19. The van der Waals surface area contributed by atoms with Crippen LogP contribution < -0.4 is 4.90 Å². The molecule has 0 saturated carbocycles. The summed E-state index contributed by atoms with van der Waals surface area (Å²) in [5, 5.41) is 6.77. The highest BCUT2D eigenvalue weighted by atomic mass is 32.2. The summed E-state index contributed by atoms with van der Waals surface area (Å²) in [6, 6.07) is 0.183. The van der Waals surface area contributed by atoms with E-state index in [0.717, 1.165) is 12.3 Å². The van der Waals surface area contributed by atoms with Gasteiger partial charge in [0.1, 0.15) is 0 Å². The molecular formula is C9H12F3N3S2. The number of anilines is 1. The Morgan fingerprint density at radius 2 is 2.00 bits per heavy atom. The second kappa shape index (κ2) is 4.64. The molecule has 2 unspecified atom stereocenters. The molecule has 2 rings (SSSR count). The molecule has 8 heteroatoms. The molecule has 0 aromatic carbocycles. The molecule has 1 aromatic heterocycles. The summed E-state index contributed by atoms with van der Waals surface area (Å²) in [5.41, 5.74) is 0. The molecule has 2 atom stereocenters. The zero-order chi connectivity index (χ0) is 12.6. The molecule has 2 heterocycles. The monoisotopic (exact) mass is 283 g/mol. The van der Waals surface area contributed by atoms with Gasteiger partial charge >= 0.3 is 6.18 Å². The van der Waals surface area contributed by atoms with Crippen LogP contribution >= 0.6 is 23.1 Å². The first kappa shape index (κ1) is 12.9. The van der Waals surface area contributed by atoms with Crippen molar-refractivity contribution in [1.29, 1.82) is 0 Å². The SMILES string of the molecule is CC1SCCN(c2nnc(C(F)(F)F)s2)C1C. The first-order chi connectivity index (χ1) is 7.89. The van der Waals surface area contributed by atoms with Crippen molar-refractivity contribution in [2.75, 3.05) is 17.2 Å². The van der Waals surface area contributed by atoms with Crippen LogP contribution in [-0.4, -0.2) is 33.8 Å². The Labute approximate surface area is 105 Å². The number of hydrogen-bond donors (Lipinski definition) is 0. The van der Waals surface area contributed by atoms with Crippen molar-refractivity contribution >= 4 is 28.2 Å². The number of nitrogens with zero attached hydrogens (tertiary/aromatic N) is 3. The summed E-state index contributed by atoms with van der Waals surface area (Å²) in [6.45, 7) is 4.81. The highest BCUT2D eigenvalue weighted by Crippen LogP contribution is 2.36. The molecular weight excluding hydrogens is 271 g/mol. The molecule has 1 fully saturated rings. The van der Waals surface area contributed by atoms with Crippen molar-refractivity contribution in [3.63, 3.8) is 0 Å². The van der Waals surface area contributed by atoms with Crippen LogP contribution in [0, 0.1) is 0 Å². The average Bonchev–Trinajstić information content (AvgIpc) is 2.70. The molecule has 96 valence electrons. The molecule has 17 heavy (non-hydrogen) atoms. The lowest BCUT2D eigenvalue weighted by molar-refractivity contribution is -0.138. The highest BCUT2D eigenvalue weighted by Gasteiger charge is 2.37. The third-order valence-corrected chi connectivity index (χ3v) is 5.13. The van der Waals surface area contributed by atoms with E-state index < -0.39 is 11.2 Å². The second-order valence-corrected chi connectivity index (χ2v) is 6.34. The van der Waals surface area contributed by atoms with Crippen LogP contribution in [-0.2, 0) is 6.18 Å². The smallest absolute Gasteiger partial charge is 0.342 e. The van der Waals surface area contributed by atoms with E-state index in [2.05, 4.69) is 17.1 Å². The van der Waals surface area contributed by atoms with Crippen molar-refractivity contribution in [3.05, 3.63) is 5.01 Å². The minimum absolute atomic E-state index is 0.183. The van der Waals surface area contributed by atoms with E-state index in [4.69, 9.17) is 0 Å². The summed E-state index contributed by atoms with van der Waals surface area (Å²) in [6.07, 6.45) is -4.39. The third-order valence-electron chi connectivity index (χ3n) is 2.79. The number of thioether (sulfide) groups is 1. The van der Waals surface area contributed by atoms with Gasteiger partial charge in [0.2, 0.25) is 10.1 Å². The van der Waals surface area contributed by atoms with E-state index >= 15 is 0 Å². The molecule has 1 saturated heterocycles. The summed E-state index contributed by atoms with van der Waals surface area (Å²) in [5.74, 6) is 0.909. The minimum atomic E-state index is -4.39. The topological polar surface area (TPSA) is 29.0 Å². The molecule has 0 radical (unpaired) electrons. The van der Waals surface area contributed by atoms with Gasteiger partial charge in [-0.3, -0.25) is 0 Å². The van der Waals surface area contributed by atoms with Crippen LogP contribution in [0.15, 0.2) is 0 Å². The fourth-order valence-electron chi connectivity index (χ4n) is 1.65. The van der Waals surface area contributed by atoms with Crippen molar-refractivity contribution < 1.29 is 13.2 Å². The largest absolute Gasteiger partial charge is 0.445 e. The average molecular weight is 283 g/mol. The Morgan fingerprint density at radius 3 is 2.59 bits per heavy atom.